The van der Waals surface area contributed by atoms with E-state index >= 15 is 0 Å². The number of carboxylic acid groups (broad SMARTS) is 1. The zero-order chi connectivity index (χ0) is 14.8. The Labute approximate surface area is 107 Å². The van der Waals surface area contributed by atoms with Gasteiger partial charge in [-0.2, -0.15) is 13.2 Å². The van der Waals surface area contributed by atoms with Gasteiger partial charge in [-0.1, -0.05) is 12.1 Å². The second-order valence-corrected chi connectivity index (χ2v) is 4.04. The van der Waals surface area contributed by atoms with Crippen molar-refractivity contribution in [2.75, 3.05) is 0 Å². The zero-order valence-electron chi connectivity index (χ0n) is 10.2. The van der Waals surface area contributed by atoms with E-state index in [1.165, 1.54) is 19.1 Å². The third-order valence-corrected chi connectivity index (χ3v) is 2.49. The maximum atomic E-state index is 12.7. The average molecular weight is 275 g/mol. The number of nitrogens with one attached hydrogen (secondary N) is 1. The van der Waals surface area contributed by atoms with Crippen molar-refractivity contribution in [2.45, 2.75) is 26.1 Å². The van der Waals surface area contributed by atoms with Crippen molar-refractivity contribution in [1.82, 2.24) is 5.32 Å². The van der Waals surface area contributed by atoms with Gasteiger partial charge >= 0.3 is 12.1 Å². The molecule has 0 saturated heterocycles. The molecule has 0 spiro atoms. The lowest BCUT2D eigenvalue weighted by molar-refractivity contribution is -0.142. The molecule has 0 aromatic heterocycles. The molecule has 1 rings (SSSR count). The third-order valence-electron chi connectivity index (χ3n) is 2.49. The monoisotopic (exact) mass is 275 g/mol. The summed E-state index contributed by atoms with van der Waals surface area (Å²) >= 11 is 0. The largest absolute Gasteiger partial charge is 0.479 e. The number of alkyl halides is 3. The van der Waals surface area contributed by atoms with E-state index in [0.29, 0.717) is 0 Å². The maximum Gasteiger partial charge on any atom is 0.416 e. The molecule has 1 atom stereocenters. The number of rotatable bonds is 3. The predicted molar refractivity (Wildman–Crippen MR) is 60.4 cm³/mol. The van der Waals surface area contributed by atoms with Crippen LogP contribution in [0.4, 0.5) is 13.2 Å². The average Bonchev–Trinajstić information content (AvgIpc) is 2.24. The number of halogens is 3. The fourth-order valence-corrected chi connectivity index (χ4v) is 1.62. The van der Waals surface area contributed by atoms with Crippen LogP contribution in [0, 0.1) is 6.92 Å². The minimum atomic E-state index is -4.57. The van der Waals surface area contributed by atoms with Gasteiger partial charge in [-0.25, -0.2) is 4.79 Å². The predicted octanol–water partition coefficient (Wildman–Crippen LogP) is 2.28. The van der Waals surface area contributed by atoms with E-state index in [0.717, 1.165) is 13.0 Å². The molecule has 104 valence electrons. The number of hydrogen-bond donors (Lipinski definition) is 2. The van der Waals surface area contributed by atoms with Crippen molar-refractivity contribution in [3.8, 4) is 0 Å². The lowest BCUT2D eigenvalue weighted by Gasteiger charge is -2.17. The molecule has 2 N–H and O–H groups in total. The van der Waals surface area contributed by atoms with Gasteiger partial charge in [0.2, 0.25) is 5.91 Å². The van der Waals surface area contributed by atoms with Crippen molar-refractivity contribution in [3.63, 3.8) is 0 Å². The van der Waals surface area contributed by atoms with Crippen LogP contribution in [0.3, 0.4) is 0 Å². The lowest BCUT2D eigenvalue weighted by atomic mass is 10.00. The molecular weight excluding hydrogens is 263 g/mol. The van der Waals surface area contributed by atoms with Crippen LogP contribution in [0.5, 0.6) is 0 Å². The molecule has 0 radical (unpaired) electrons. The van der Waals surface area contributed by atoms with E-state index in [2.05, 4.69) is 5.32 Å². The number of amides is 1. The summed E-state index contributed by atoms with van der Waals surface area (Å²) in [6, 6.07) is 1.67. The first-order chi connectivity index (χ1) is 8.62. The number of benzene rings is 1. The zero-order valence-corrected chi connectivity index (χ0v) is 10.2. The summed E-state index contributed by atoms with van der Waals surface area (Å²) in [5.41, 5.74) is -1.05. The summed E-state index contributed by atoms with van der Waals surface area (Å²) in [6.07, 6.45) is -4.57. The van der Waals surface area contributed by atoms with E-state index in [9.17, 15) is 22.8 Å². The van der Waals surface area contributed by atoms with Gasteiger partial charge in [-0.05, 0) is 24.1 Å². The lowest BCUT2D eigenvalue weighted by Crippen LogP contribution is -2.32. The van der Waals surface area contributed by atoms with Crippen LogP contribution < -0.4 is 5.32 Å². The Hall–Kier alpha value is -2.05. The molecule has 0 aliphatic rings. The smallest absolute Gasteiger partial charge is 0.416 e. The Kier molecular flexibility index (Phi) is 4.18. The number of aryl methyl sites for hydroxylation is 1. The number of aliphatic carboxylic acids is 1. The second kappa shape index (κ2) is 5.29. The van der Waals surface area contributed by atoms with Gasteiger partial charge in [0.15, 0.2) is 6.04 Å². The van der Waals surface area contributed by atoms with E-state index < -0.39 is 29.7 Å². The fourth-order valence-electron chi connectivity index (χ4n) is 1.62. The normalized spacial score (nSPS) is 12.9. The molecule has 0 bridgehead atoms. The fraction of sp³-hybridized carbons (Fsp3) is 0.333. The first kappa shape index (κ1) is 15.0. The van der Waals surface area contributed by atoms with Gasteiger partial charge in [-0.15, -0.1) is 0 Å². The second-order valence-electron chi connectivity index (χ2n) is 4.04. The Morgan fingerprint density at radius 2 is 1.89 bits per heavy atom. The third kappa shape index (κ3) is 3.70. The number of hydrogen-bond acceptors (Lipinski definition) is 2. The molecule has 1 aromatic rings. The van der Waals surface area contributed by atoms with Gasteiger partial charge in [0.05, 0.1) is 5.56 Å². The summed E-state index contributed by atoms with van der Waals surface area (Å²) < 4.78 is 38.2. The number of carbonyl (C=O) groups is 2. The molecule has 0 aliphatic carbocycles. The number of carboxylic acids is 1. The van der Waals surface area contributed by atoms with Crippen molar-refractivity contribution in [1.29, 1.82) is 0 Å². The van der Waals surface area contributed by atoms with E-state index in [1.54, 1.807) is 0 Å². The van der Waals surface area contributed by atoms with Crippen LogP contribution in [0.15, 0.2) is 18.2 Å². The van der Waals surface area contributed by atoms with E-state index in [1.807, 2.05) is 0 Å². The molecule has 1 aromatic carbocycles. The number of carbonyl (C=O) groups excluding carboxylic acids is 1. The molecule has 0 heterocycles. The van der Waals surface area contributed by atoms with Crippen LogP contribution in [0.1, 0.15) is 29.7 Å². The first-order valence-corrected chi connectivity index (χ1v) is 5.30. The van der Waals surface area contributed by atoms with Crippen molar-refractivity contribution in [2.24, 2.45) is 0 Å². The van der Waals surface area contributed by atoms with Crippen LogP contribution >= 0.6 is 0 Å². The Morgan fingerprint density at radius 1 is 1.32 bits per heavy atom. The molecule has 1 amide bonds. The summed E-state index contributed by atoms with van der Waals surface area (Å²) in [4.78, 5) is 21.9. The Morgan fingerprint density at radius 3 is 2.32 bits per heavy atom. The highest BCUT2D eigenvalue weighted by Gasteiger charge is 2.33. The highest BCUT2D eigenvalue weighted by molar-refractivity contribution is 5.83. The first-order valence-electron chi connectivity index (χ1n) is 5.30. The molecule has 0 saturated carbocycles. The van der Waals surface area contributed by atoms with Crippen LogP contribution in [0.2, 0.25) is 0 Å². The molecule has 7 heteroatoms. The van der Waals surface area contributed by atoms with E-state index in [4.69, 9.17) is 5.11 Å². The molecular formula is C12H12F3NO3. The quantitative estimate of drug-likeness (QED) is 0.889. The maximum absolute atomic E-state index is 12.7. The summed E-state index contributed by atoms with van der Waals surface area (Å²) in [7, 11) is 0. The summed E-state index contributed by atoms with van der Waals surface area (Å²) in [5.74, 6) is -2.06. The standard InChI is InChI=1S/C12H12F3NO3/c1-6-3-4-8(5-9(6)12(13,14)15)10(11(18)19)16-7(2)17/h3-5,10H,1-2H3,(H,16,17)(H,18,19). The minimum Gasteiger partial charge on any atom is -0.479 e. The van der Waals surface area contributed by atoms with Crippen LogP contribution in [0.25, 0.3) is 0 Å². The highest BCUT2D eigenvalue weighted by atomic mass is 19.4. The summed E-state index contributed by atoms with van der Waals surface area (Å²) in [6.45, 7) is 2.37. The van der Waals surface area contributed by atoms with Crippen LogP contribution in [-0.4, -0.2) is 17.0 Å². The van der Waals surface area contributed by atoms with Crippen molar-refractivity contribution in [3.05, 3.63) is 34.9 Å². The molecule has 4 nitrogen and oxygen atoms in total. The topological polar surface area (TPSA) is 66.4 Å². The van der Waals surface area contributed by atoms with E-state index in [-0.39, 0.29) is 11.1 Å². The van der Waals surface area contributed by atoms with Gasteiger partial charge in [0.25, 0.3) is 0 Å². The Balaban J connectivity index is 3.26. The van der Waals surface area contributed by atoms with Gasteiger partial charge in [0, 0.05) is 6.92 Å². The highest BCUT2D eigenvalue weighted by Crippen LogP contribution is 2.33. The van der Waals surface area contributed by atoms with Crippen molar-refractivity contribution >= 4 is 11.9 Å². The van der Waals surface area contributed by atoms with Crippen molar-refractivity contribution < 1.29 is 27.9 Å². The molecule has 0 aliphatic heterocycles. The SMILES string of the molecule is CC(=O)NC(C(=O)O)c1ccc(C)c(C(F)(F)F)c1. The molecule has 1 unspecified atom stereocenters. The Bertz CT molecular complexity index is 511. The molecule has 19 heavy (non-hydrogen) atoms. The van der Waals surface area contributed by atoms with Gasteiger partial charge in [0.1, 0.15) is 0 Å². The van der Waals surface area contributed by atoms with Crippen LogP contribution in [-0.2, 0) is 15.8 Å². The van der Waals surface area contributed by atoms with Gasteiger partial charge in [-0.3, -0.25) is 4.79 Å². The molecule has 0 fully saturated rings. The minimum absolute atomic E-state index is 0.0109. The van der Waals surface area contributed by atoms with Gasteiger partial charge < -0.3 is 10.4 Å². The summed E-state index contributed by atoms with van der Waals surface area (Å²) in [5, 5.41) is 11.0.